The zero-order chi connectivity index (χ0) is 14.8. The minimum atomic E-state index is 0.413. The van der Waals surface area contributed by atoms with Crippen LogP contribution in [0.4, 0.5) is 0 Å². The Kier molecular flexibility index (Phi) is 3.77. The normalized spacial score (nSPS) is 10.6. The van der Waals surface area contributed by atoms with Crippen LogP contribution in [0.3, 0.4) is 0 Å². The highest BCUT2D eigenvalue weighted by molar-refractivity contribution is 7.71. The number of hydrogen-bond donors (Lipinski definition) is 0. The van der Waals surface area contributed by atoms with Crippen LogP contribution in [0.25, 0.3) is 5.69 Å². The van der Waals surface area contributed by atoms with Crippen LogP contribution in [0.1, 0.15) is 0 Å². The fourth-order valence-corrected chi connectivity index (χ4v) is 2.26. The van der Waals surface area contributed by atoms with E-state index in [1.165, 1.54) is 0 Å². The molecule has 0 N–H and O–H groups in total. The molecule has 1 heterocycles. The highest BCUT2D eigenvalue weighted by Crippen LogP contribution is 2.24. The number of hydrogen-bond acceptors (Lipinski definition) is 3. The highest BCUT2D eigenvalue weighted by Gasteiger charge is 2.12. The van der Waals surface area contributed by atoms with E-state index in [4.69, 9.17) is 28.6 Å². The summed E-state index contributed by atoms with van der Waals surface area (Å²) in [7, 11) is 1.79. The molecule has 1 aromatic heterocycles. The fourth-order valence-electron chi connectivity index (χ4n) is 1.91. The summed E-state index contributed by atoms with van der Waals surface area (Å²) in [5.74, 6) is 0.650. The maximum absolute atomic E-state index is 5.87. The van der Waals surface area contributed by atoms with Gasteiger partial charge in [0.05, 0.1) is 5.69 Å². The lowest BCUT2D eigenvalue weighted by atomic mass is 10.3. The third kappa shape index (κ3) is 2.84. The van der Waals surface area contributed by atoms with E-state index in [9.17, 15) is 0 Å². The van der Waals surface area contributed by atoms with E-state index in [0.29, 0.717) is 21.6 Å². The highest BCUT2D eigenvalue weighted by atomic mass is 35.5. The molecular formula is C15H12ClN3OS. The molecule has 3 aromatic rings. The zero-order valence-electron chi connectivity index (χ0n) is 11.2. The molecule has 106 valence electrons. The number of halogens is 1. The minimum absolute atomic E-state index is 0.413. The summed E-state index contributed by atoms with van der Waals surface area (Å²) in [5.41, 5.74) is 0.902. The summed E-state index contributed by atoms with van der Waals surface area (Å²) in [6.45, 7) is 0. The quantitative estimate of drug-likeness (QED) is 0.672. The van der Waals surface area contributed by atoms with Crippen LogP contribution in [0.5, 0.6) is 11.8 Å². The Morgan fingerprint density at radius 2 is 1.71 bits per heavy atom. The predicted molar refractivity (Wildman–Crippen MR) is 84.9 cm³/mol. The van der Waals surface area contributed by atoms with Gasteiger partial charge in [-0.1, -0.05) is 29.8 Å². The van der Waals surface area contributed by atoms with Gasteiger partial charge >= 0.3 is 6.01 Å². The number of aryl methyl sites for hydroxylation is 1. The monoisotopic (exact) mass is 317 g/mol. The van der Waals surface area contributed by atoms with Gasteiger partial charge in [-0.05, 0) is 48.6 Å². The Hall–Kier alpha value is -2.11. The van der Waals surface area contributed by atoms with E-state index in [1.807, 2.05) is 30.3 Å². The summed E-state index contributed by atoms with van der Waals surface area (Å²) in [5, 5.41) is 4.98. The lowest BCUT2D eigenvalue weighted by Crippen LogP contribution is -1.98. The average molecular weight is 318 g/mol. The van der Waals surface area contributed by atoms with Gasteiger partial charge < -0.3 is 4.74 Å². The molecule has 0 aliphatic heterocycles. The second-order valence-corrected chi connectivity index (χ2v) is 5.22. The lowest BCUT2D eigenvalue weighted by Gasteiger charge is -2.07. The van der Waals surface area contributed by atoms with Crippen molar-refractivity contribution >= 4 is 23.8 Å². The summed E-state index contributed by atoms with van der Waals surface area (Å²) >= 11 is 11.3. The topological polar surface area (TPSA) is 32.0 Å². The van der Waals surface area contributed by atoms with Gasteiger partial charge in [0.1, 0.15) is 5.75 Å². The Bertz CT molecular complexity index is 809. The predicted octanol–water partition coefficient (Wildman–Crippen LogP) is 4.39. The summed E-state index contributed by atoms with van der Waals surface area (Å²) in [4.78, 5) is 0. The molecule has 0 radical (unpaired) electrons. The third-order valence-corrected chi connectivity index (χ3v) is 3.63. The summed E-state index contributed by atoms with van der Waals surface area (Å²) in [6.07, 6.45) is 0. The molecule has 4 nitrogen and oxygen atoms in total. The standard InChI is InChI=1S/C15H12ClN3OS/c1-18-15(21)19(12-5-3-2-4-6-12)14(17-18)20-13-9-7-11(16)8-10-13/h2-10H,1H3. The Morgan fingerprint density at radius 1 is 1.05 bits per heavy atom. The van der Waals surface area contributed by atoms with E-state index in [0.717, 1.165) is 5.69 Å². The minimum Gasteiger partial charge on any atom is -0.424 e. The zero-order valence-corrected chi connectivity index (χ0v) is 12.8. The molecule has 0 spiro atoms. The second-order valence-electron chi connectivity index (χ2n) is 4.42. The lowest BCUT2D eigenvalue weighted by molar-refractivity contribution is 0.428. The molecule has 3 rings (SSSR count). The van der Waals surface area contributed by atoms with Crippen molar-refractivity contribution in [2.75, 3.05) is 0 Å². The van der Waals surface area contributed by atoms with E-state index in [-0.39, 0.29) is 0 Å². The molecule has 0 saturated carbocycles. The van der Waals surface area contributed by atoms with Crippen molar-refractivity contribution in [3.63, 3.8) is 0 Å². The van der Waals surface area contributed by atoms with Crippen molar-refractivity contribution in [1.82, 2.24) is 14.3 Å². The van der Waals surface area contributed by atoms with Crippen LogP contribution in [0.15, 0.2) is 54.6 Å². The molecule has 0 amide bonds. The third-order valence-electron chi connectivity index (χ3n) is 2.93. The van der Waals surface area contributed by atoms with E-state index in [2.05, 4.69) is 5.10 Å². The molecule has 6 heteroatoms. The maximum Gasteiger partial charge on any atom is 0.326 e. The second kappa shape index (κ2) is 5.71. The van der Waals surface area contributed by atoms with Gasteiger partial charge in [0.2, 0.25) is 4.77 Å². The van der Waals surface area contributed by atoms with Gasteiger partial charge in [0.25, 0.3) is 0 Å². The van der Waals surface area contributed by atoms with Crippen LogP contribution in [-0.2, 0) is 7.05 Å². The van der Waals surface area contributed by atoms with Gasteiger partial charge in [0.15, 0.2) is 0 Å². The fraction of sp³-hybridized carbons (Fsp3) is 0.0667. The van der Waals surface area contributed by atoms with Gasteiger partial charge in [0, 0.05) is 12.1 Å². The summed E-state index contributed by atoms with van der Waals surface area (Å²) in [6, 6.07) is 17.2. The number of para-hydroxylation sites is 1. The SMILES string of the molecule is Cn1nc(Oc2ccc(Cl)cc2)n(-c2ccccc2)c1=S. The maximum atomic E-state index is 5.87. The number of ether oxygens (including phenoxy) is 1. The summed E-state index contributed by atoms with van der Waals surface area (Å²) < 4.78 is 9.77. The molecule has 2 aromatic carbocycles. The first kappa shape index (κ1) is 13.9. The van der Waals surface area contributed by atoms with E-state index < -0.39 is 0 Å². The van der Waals surface area contributed by atoms with Crippen LogP contribution in [0, 0.1) is 4.77 Å². The van der Waals surface area contributed by atoms with Crippen molar-refractivity contribution < 1.29 is 4.74 Å². The van der Waals surface area contributed by atoms with Crippen molar-refractivity contribution in [3.8, 4) is 17.4 Å². The molecule has 0 atom stereocenters. The molecule has 0 aliphatic carbocycles. The van der Waals surface area contributed by atoms with Gasteiger partial charge in [-0.15, -0.1) is 5.10 Å². The van der Waals surface area contributed by atoms with Gasteiger partial charge in [-0.3, -0.25) is 0 Å². The first-order chi connectivity index (χ1) is 10.1. The molecule has 0 unspecified atom stereocenters. The number of nitrogens with zero attached hydrogens (tertiary/aromatic N) is 3. The molecule has 0 bridgehead atoms. The van der Waals surface area contributed by atoms with Crippen LogP contribution in [0.2, 0.25) is 5.02 Å². The number of benzene rings is 2. The van der Waals surface area contributed by atoms with Crippen LogP contribution < -0.4 is 4.74 Å². The van der Waals surface area contributed by atoms with E-state index in [1.54, 1.807) is 40.6 Å². The largest absolute Gasteiger partial charge is 0.424 e. The van der Waals surface area contributed by atoms with Crippen LogP contribution >= 0.6 is 23.8 Å². The Morgan fingerprint density at radius 3 is 2.38 bits per heavy atom. The van der Waals surface area contributed by atoms with Gasteiger partial charge in [-0.2, -0.15) is 0 Å². The molecule has 0 aliphatic rings. The molecule has 0 saturated heterocycles. The van der Waals surface area contributed by atoms with Crippen LogP contribution in [-0.4, -0.2) is 14.3 Å². The molecule has 0 fully saturated rings. The number of aromatic nitrogens is 3. The van der Waals surface area contributed by atoms with Crippen molar-refractivity contribution in [2.45, 2.75) is 0 Å². The Labute approximate surface area is 132 Å². The number of rotatable bonds is 3. The van der Waals surface area contributed by atoms with Crippen molar-refractivity contribution in [2.24, 2.45) is 7.05 Å². The van der Waals surface area contributed by atoms with Crippen molar-refractivity contribution in [1.29, 1.82) is 0 Å². The first-order valence-corrected chi connectivity index (χ1v) is 7.08. The Balaban J connectivity index is 2.05. The van der Waals surface area contributed by atoms with Gasteiger partial charge in [-0.25, -0.2) is 9.25 Å². The average Bonchev–Trinajstić information content (AvgIpc) is 2.77. The van der Waals surface area contributed by atoms with Crippen molar-refractivity contribution in [3.05, 3.63) is 64.4 Å². The first-order valence-electron chi connectivity index (χ1n) is 6.30. The molecular weight excluding hydrogens is 306 g/mol. The molecule has 21 heavy (non-hydrogen) atoms. The van der Waals surface area contributed by atoms with E-state index >= 15 is 0 Å². The smallest absolute Gasteiger partial charge is 0.326 e.